The molecular weight excluding hydrogens is 262 g/mol. The third-order valence-electron chi connectivity index (χ3n) is 3.48. The van der Waals surface area contributed by atoms with E-state index in [9.17, 15) is 8.42 Å². The lowest BCUT2D eigenvalue weighted by atomic mass is 10.0. The van der Waals surface area contributed by atoms with Gasteiger partial charge in [-0.2, -0.15) is 0 Å². The second kappa shape index (κ2) is 5.51. The fraction of sp³-hybridized carbons (Fsp3) is 0.571. The van der Waals surface area contributed by atoms with Crippen LogP contribution in [0.4, 0.5) is 5.69 Å². The Morgan fingerprint density at radius 2 is 2.11 bits per heavy atom. The number of rotatable bonds is 3. The van der Waals surface area contributed by atoms with Crippen LogP contribution in [0, 0.1) is 6.92 Å². The van der Waals surface area contributed by atoms with Gasteiger partial charge in [0.05, 0.1) is 11.0 Å². The monoisotopic (exact) mass is 283 g/mol. The Morgan fingerprint density at radius 3 is 2.74 bits per heavy atom. The molecule has 1 N–H and O–H groups in total. The van der Waals surface area contributed by atoms with Gasteiger partial charge in [0.25, 0.3) is 0 Å². The summed E-state index contributed by atoms with van der Waals surface area (Å²) < 4.78 is 28.7. The van der Waals surface area contributed by atoms with Crippen LogP contribution >= 0.6 is 0 Å². The quantitative estimate of drug-likeness (QED) is 0.925. The highest BCUT2D eigenvalue weighted by atomic mass is 32.2. The van der Waals surface area contributed by atoms with Gasteiger partial charge in [-0.1, -0.05) is 6.07 Å². The smallest absolute Gasteiger partial charge is 0.175 e. The van der Waals surface area contributed by atoms with E-state index in [1.165, 1.54) is 6.26 Å². The molecule has 2 unspecified atom stereocenters. The van der Waals surface area contributed by atoms with Crippen molar-refractivity contribution in [2.75, 3.05) is 18.2 Å². The highest BCUT2D eigenvalue weighted by Gasteiger charge is 2.20. The maximum absolute atomic E-state index is 11.6. The number of hydrogen-bond donors (Lipinski definition) is 1. The first-order chi connectivity index (χ1) is 8.86. The normalized spacial score (nSPS) is 24.2. The molecule has 106 valence electrons. The molecule has 1 fully saturated rings. The standard InChI is InChI=1S/C14H21NO3S/c1-10-4-5-13(19(3,16)17)9-14(10)15-12-6-7-18-11(2)8-12/h4-5,9,11-12,15H,6-8H2,1-3H3. The topological polar surface area (TPSA) is 55.4 Å². The number of benzene rings is 1. The highest BCUT2D eigenvalue weighted by Crippen LogP contribution is 2.24. The van der Waals surface area contributed by atoms with E-state index < -0.39 is 9.84 Å². The maximum atomic E-state index is 11.6. The van der Waals surface area contributed by atoms with Gasteiger partial charge >= 0.3 is 0 Å². The van der Waals surface area contributed by atoms with E-state index in [1.807, 2.05) is 13.0 Å². The van der Waals surface area contributed by atoms with Crippen molar-refractivity contribution >= 4 is 15.5 Å². The van der Waals surface area contributed by atoms with E-state index in [1.54, 1.807) is 12.1 Å². The minimum atomic E-state index is -3.16. The molecule has 0 aromatic heterocycles. The van der Waals surface area contributed by atoms with Gasteiger partial charge in [-0.25, -0.2) is 8.42 Å². The Kier molecular flexibility index (Phi) is 4.16. The minimum Gasteiger partial charge on any atom is -0.382 e. The minimum absolute atomic E-state index is 0.254. The molecule has 5 heteroatoms. The van der Waals surface area contributed by atoms with Crippen LogP contribution in [-0.2, 0) is 14.6 Å². The molecule has 19 heavy (non-hydrogen) atoms. The third kappa shape index (κ3) is 3.70. The second-order valence-corrected chi connectivity index (χ2v) is 7.31. The average Bonchev–Trinajstić information content (AvgIpc) is 2.30. The zero-order valence-corrected chi connectivity index (χ0v) is 12.5. The van der Waals surface area contributed by atoms with Crippen LogP contribution in [0.15, 0.2) is 23.1 Å². The van der Waals surface area contributed by atoms with Crippen molar-refractivity contribution in [3.63, 3.8) is 0 Å². The van der Waals surface area contributed by atoms with Crippen LogP contribution in [-0.4, -0.2) is 33.4 Å². The van der Waals surface area contributed by atoms with Gasteiger partial charge < -0.3 is 10.1 Å². The largest absolute Gasteiger partial charge is 0.382 e. The second-order valence-electron chi connectivity index (χ2n) is 5.30. The first-order valence-corrected chi connectivity index (χ1v) is 8.44. The summed E-state index contributed by atoms with van der Waals surface area (Å²) in [5.74, 6) is 0. The molecule has 2 atom stereocenters. The Morgan fingerprint density at radius 1 is 1.37 bits per heavy atom. The molecule has 1 aliphatic heterocycles. The van der Waals surface area contributed by atoms with Crippen molar-refractivity contribution in [1.82, 2.24) is 0 Å². The van der Waals surface area contributed by atoms with Crippen LogP contribution in [0.5, 0.6) is 0 Å². The van der Waals surface area contributed by atoms with E-state index in [-0.39, 0.29) is 6.10 Å². The summed E-state index contributed by atoms with van der Waals surface area (Å²) in [7, 11) is -3.16. The molecule has 1 aromatic carbocycles. The van der Waals surface area contributed by atoms with Crippen molar-refractivity contribution in [3.8, 4) is 0 Å². The van der Waals surface area contributed by atoms with Crippen LogP contribution in [0.1, 0.15) is 25.3 Å². The van der Waals surface area contributed by atoms with Gasteiger partial charge in [-0.3, -0.25) is 0 Å². The molecule has 1 aromatic rings. The first kappa shape index (κ1) is 14.3. The molecular formula is C14H21NO3S. The van der Waals surface area contributed by atoms with Gasteiger partial charge in [-0.15, -0.1) is 0 Å². The molecule has 1 aliphatic rings. The third-order valence-corrected chi connectivity index (χ3v) is 4.59. The van der Waals surface area contributed by atoms with E-state index in [2.05, 4.69) is 12.2 Å². The first-order valence-electron chi connectivity index (χ1n) is 6.55. The summed E-state index contributed by atoms with van der Waals surface area (Å²) >= 11 is 0. The number of anilines is 1. The van der Waals surface area contributed by atoms with Gasteiger partial charge in [0.2, 0.25) is 0 Å². The molecule has 0 spiro atoms. The summed E-state index contributed by atoms with van der Waals surface area (Å²) in [5.41, 5.74) is 1.97. The number of hydrogen-bond acceptors (Lipinski definition) is 4. The van der Waals surface area contributed by atoms with Gasteiger partial charge in [0, 0.05) is 24.6 Å². The summed E-state index contributed by atoms with van der Waals surface area (Å²) in [6, 6.07) is 5.58. The SMILES string of the molecule is Cc1ccc(S(C)(=O)=O)cc1NC1CCOC(C)C1. The zero-order chi connectivity index (χ0) is 14.0. The Bertz CT molecular complexity index is 554. The van der Waals surface area contributed by atoms with Gasteiger partial charge in [-0.05, 0) is 44.4 Å². The lowest BCUT2D eigenvalue weighted by molar-refractivity contribution is 0.0232. The number of sulfone groups is 1. The summed E-state index contributed by atoms with van der Waals surface area (Å²) in [6.45, 7) is 4.80. The lowest BCUT2D eigenvalue weighted by Gasteiger charge is -2.29. The lowest BCUT2D eigenvalue weighted by Crippen LogP contribution is -2.32. The van der Waals surface area contributed by atoms with Gasteiger partial charge in [0.15, 0.2) is 9.84 Å². The van der Waals surface area contributed by atoms with E-state index in [0.29, 0.717) is 10.9 Å². The number of aryl methyl sites for hydroxylation is 1. The fourth-order valence-corrected chi connectivity index (χ4v) is 2.98. The van der Waals surface area contributed by atoms with Crippen LogP contribution < -0.4 is 5.32 Å². The van der Waals surface area contributed by atoms with E-state index in [4.69, 9.17) is 4.74 Å². The molecule has 1 heterocycles. The van der Waals surface area contributed by atoms with Crippen LogP contribution in [0.3, 0.4) is 0 Å². The molecule has 0 saturated carbocycles. The van der Waals surface area contributed by atoms with Crippen molar-refractivity contribution in [2.24, 2.45) is 0 Å². The Balaban J connectivity index is 2.19. The molecule has 0 radical (unpaired) electrons. The molecule has 0 bridgehead atoms. The molecule has 4 nitrogen and oxygen atoms in total. The Hall–Kier alpha value is -1.07. The predicted octanol–water partition coefficient (Wildman–Crippen LogP) is 2.38. The predicted molar refractivity (Wildman–Crippen MR) is 76.3 cm³/mol. The van der Waals surface area contributed by atoms with E-state index >= 15 is 0 Å². The summed E-state index contributed by atoms with van der Waals surface area (Å²) in [4.78, 5) is 0.362. The van der Waals surface area contributed by atoms with Crippen molar-refractivity contribution in [2.45, 2.75) is 43.7 Å². The van der Waals surface area contributed by atoms with Crippen molar-refractivity contribution in [1.29, 1.82) is 0 Å². The highest BCUT2D eigenvalue weighted by molar-refractivity contribution is 7.90. The van der Waals surface area contributed by atoms with Crippen LogP contribution in [0.25, 0.3) is 0 Å². The molecule has 0 amide bonds. The zero-order valence-electron chi connectivity index (χ0n) is 11.6. The molecule has 2 rings (SSSR count). The maximum Gasteiger partial charge on any atom is 0.175 e. The number of nitrogens with one attached hydrogen (secondary N) is 1. The fourth-order valence-electron chi connectivity index (χ4n) is 2.34. The summed E-state index contributed by atoms with van der Waals surface area (Å²) in [5, 5.41) is 3.45. The molecule has 1 saturated heterocycles. The van der Waals surface area contributed by atoms with Crippen LogP contribution in [0.2, 0.25) is 0 Å². The average molecular weight is 283 g/mol. The van der Waals surface area contributed by atoms with E-state index in [0.717, 1.165) is 30.7 Å². The van der Waals surface area contributed by atoms with Crippen molar-refractivity contribution < 1.29 is 13.2 Å². The van der Waals surface area contributed by atoms with Gasteiger partial charge in [0.1, 0.15) is 0 Å². The number of ether oxygens (including phenoxy) is 1. The molecule has 0 aliphatic carbocycles. The van der Waals surface area contributed by atoms with Crippen molar-refractivity contribution in [3.05, 3.63) is 23.8 Å². The summed E-state index contributed by atoms with van der Waals surface area (Å²) in [6.07, 6.45) is 3.39. The Labute approximate surface area is 115 Å².